The summed E-state index contributed by atoms with van der Waals surface area (Å²) in [6.45, 7) is 0. The summed E-state index contributed by atoms with van der Waals surface area (Å²) in [6.07, 6.45) is 0. The van der Waals surface area contributed by atoms with Gasteiger partial charge in [0.15, 0.2) is 23.3 Å². The number of rotatable bonds is 3. The molecule has 0 radical (unpaired) electrons. The molecule has 18 heavy (non-hydrogen) atoms. The van der Waals surface area contributed by atoms with Crippen LogP contribution in [0.1, 0.15) is 0 Å². The molecule has 6 heteroatoms. The minimum absolute atomic E-state index is 0.0269. The zero-order chi connectivity index (χ0) is 13.1. The van der Waals surface area contributed by atoms with E-state index in [1.807, 2.05) is 0 Å². The van der Waals surface area contributed by atoms with Gasteiger partial charge in [0.25, 0.3) is 0 Å². The first-order valence-corrected chi connectivity index (χ1v) is 5.54. The first-order valence-electron chi connectivity index (χ1n) is 5.16. The molecule has 0 saturated carbocycles. The molecule has 0 bridgehead atoms. The van der Waals surface area contributed by atoms with Gasteiger partial charge in [0.1, 0.15) is 0 Å². The molecule has 3 nitrogen and oxygen atoms in total. The standard InChI is InChI=1S/C12H10ClF2N3/c1-16-11-9(14)6-10(15)12(18-11)17-8-4-2-3-7(13)5-8/h2-6H,1H3,(H2,16,17,18). The van der Waals surface area contributed by atoms with E-state index in [4.69, 9.17) is 11.6 Å². The van der Waals surface area contributed by atoms with E-state index in [-0.39, 0.29) is 11.6 Å². The van der Waals surface area contributed by atoms with Crippen molar-refractivity contribution in [2.45, 2.75) is 0 Å². The summed E-state index contributed by atoms with van der Waals surface area (Å²) in [4.78, 5) is 3.80. The third-order valence-electron chi connectivity index (χ3n) is 2.25. The number of nitrogens with zero attached hydrogens (tertiary/aromatic N) is 1. The Hall–Kier alpha value is -1.88. The highest BCUT2D eigenvalue weighted by Crippen LogP contribution is 2.23. The first kappa shape index (κ1) is 12.6. The van der Waals surface area contributed by atoms with Crippen LogP contribution >= 0.6 is 11.6 Å². The van der Waals surface area contributed by atoms with Gasteiger partial charge in [0, 0.05) is 23.8 Å². The van der Waals surface area contributed by atoms with Crippen LogP contribution in [0.2, 0.25) is 5.02 Å². The second kappa shape index (κ2) is 5.18. The van der Waals surface area contributed by atoms with Gasteiger partial charge >= 0.3 is 0 Å². The molecule has 2 aromatic rings. The lowest BCUT2D eigenvalue weighted by molar-refractivity contribution is 0.580. The smallest absolute Gasteiger partial charge is 0.169 e. The largest absolute Gasteiger partial charge is 0.371 e. The predicted molar refractivity (Wildman–Crippen MR) is 68.4 cm³/mol. The fraction of sp³-hybridized carbons (Fsp3) is 0.0833. The van der Waals surface area contributed by atoms with Crippen molar-refractivity contribution in [1.29, 1.82) is 0 Å². The lowest BCUT2D eigenvalue weighted by Gasteiger charge is -2.09. The predicted octanol–water partition coefficient (Wildman–Crippen LogP) is 3.80. The molecule has 94 valence electrons. The Morgan fingerprint density at radius 1 is 1.11 bits per heavy atom. The Balaban J connectivity index is 2.34. The molecule has 0 unspecified atom stereocenters. The fourth-order valence-electron chi connectivity index (χ4n) is 1.43. The second-order valence-electron chi connectivity index (χ2n) is 3.53. The minimum Gasteiger partial charge on any atom is -0.371 e. The number of nitrogens with one attached hydrogen (secondary N) is 2. The van der Waals surface area contributed by atoms with E-state index >= 15 is 0 Å². The van der Waals surface area contributed by atoms with Gasteiger partial charge in [-0.15, -0.1) is 0 Å². The molecule has 2 N–H and O–H groups in total. The highest BCUT2D eigenvalue weighted by molar-refractivity contribution is 6.30. The van der Waals surface area contributed by atoms with Gasteiger partial charge in [-0.25, -0.2) is 13.8 Å². The summed E-state index contributed by atoms with van der Waals surface area (Å²) in [5.74, 6) is -1.61. The van der Waals surface area contributed by atoms with Crippen molar-refractivity contribution in [2.24, 2.45) is 0 Å². The lowest BCUT2D eigenvalue weighted by atomic mass is 10.3. The van der Waals surface area contributed by atoms with Crippen molar-refractivity contribution in [3.63, 3.8) is 0 Å². The minimum atomic E-state index is -0.772. The van der Waals surface area contributed by atoms with Gasteiger partial charge in [0.2, 0.25) is 0 Å². The van der Waals surface area contributed by atoms with E-state index in [1.165, 1.54) is 7.05 Å². The fourth-order valence-corrected chi connectivity index (χ4v) is 1.62. The first-order chi connectivity index (χ1) is 8.60. The maximum atomic E-state index is 13.5. The van der Waals surface area contributed by atoms with Crippen LogP contribution < -0.4 is 10.6 Å². The molecule has 0 saturated heterocycles. The van der Waals surface area contributed by atoms with Crippen LogP contribution in [-0.4, -0.2) is 12.0 Å². The molecule has 0 amide bonds. The van der Waals surface area contributed by atoms with Crippen molar-refractivity contribution in [3.8, 4) is 0 Å². The van der Waals surface area contributed by atoms with Crippen molar-refractivity contribution in [2.75, 3.05) is 17.7 Å². The summed E-state index contributed by atoms with van der Waals surface area (Å²) >= 11 is 5.81. The molecule has 0 aliphatic rings. The van der Waals surface area contributed by atoms with Crippen LogP contribution in [0, 0.1) is 11.6 Å². The maximum Gasteiger partial charge on any atom is 0.169 e. The highest BCUT2D eigenvalue weighted by Gasteiger charge is 2.11. The van der Waals surface area contributed by atoms with Gasteiger partial charge in [-0.05, 0) is 18.2 Å². The summed E-state index contributed by atoms with van der Waals surface area (Å²) in [6, 6.07) is 7.50. The molecule has 1 aromatic heterocycles. The normalized spacial score (nSPS) is 10.2. The number of hydrogen-bond donors (Lipinski definition) is 2. The molecule has 1 heterocycles. The molecule has 0 aliphatic carbocycles. The monoisotopic (exact) mass is 269 g/mol. The summed E-state index contributed by atoms with van der Waals surface area (Å²) in [7, 11) is 1.51. The Morgan fingerprint density at radius 3 is 2.50 bits per heavy atom. The van der Waals surface area contributed by atoms with E-state index in [1.54, 1.807) is 24.3 Å². The van der Waals surface area contributed by atoms with Crippen molar-refractivity contribution in [3.05, 3.63) is 47.0 Å². The number of aromatic nitrogens is 1. The molecule has 0 spiro atoms. The van der Waals surface area contributed by atoms with E-state index < -0.39 is 11.6 Å². The van der Waals surface area contributed by atoms with Crippen molar-refractivity contribution < 1.29 is 8.78 Å². The Kier molecular flexibility index (Phi) is 3.62. The van der Waals surface area contributed by atoms with Gasteiger partial charge < -0.3 is 10.6 Å². The van der Waals surface area contributed by atoms with Crippen LogP contribution in [0.5, 0.6) is 0 Å². The summed E-state index contributed by atoms with van der Waals surface area (Å²) in [5, 5.41) is 5.79. The van der Waals surface area contributed by atoms with Crippen LogP contribution in [0.4, 0.5) is 26.1 Å². The SMILES string of the molecule is CNc1nc(Nc2cccc(Cl)c2)c(F)cc1F. The van der Waals surface area contributed by atoms with Crippen LogP contribution in [0.25, 0.3) is 0 Å². The van der Waals surface area contributed by atoms with E-state index in [2.05, 4.69) is 15.6 Å². The van der Waals surface area contributed by atoms with Crippen LogP contribution in [0.3, 0.4) is 0 Å². The highest BCUT2D eigenvalue weighted by atomic mass is 35.5. The lowest BCUT2D eigenvalue weighted by Crippen LogP contribution is -2.03. The zero-order valence-electron chi connectivity index (χ0n) is 9.47. The summed E-state index contributed by atoms with van der Waals surface area (Å²) < 4.78 is 26.7. The number of benzene rings is 1. The van der Waals surface area contributed by atoms with Crippen molar-refractivity contribution >= 4 is 28.9 Å². The maximum absolute atomic E-state index is 13.5. The Bertz CT molecular complexity index is 575. The number of anilines is 3. The van der Waals surface area contributed by atoms with Crippen LogP contribution in [-0.2, 0) is 0 Å². The molecular formula is C12H10ClF2N3. The molecule has 1 aromatic carbocycles. The van der Waals surface area contributed by atoms with Crippen LogP contribution in [0.15, 0.2) is 30.3 Å². The second-order valence-corrected chi connectivity index (χ2v) is 3.97. The topological polar surface area (TPSA) is 37.0 Å². The third-order valence-corrected chi connectivity index (χ3v) is 2.49. The number of pyridine rings is 1. The van der Waals surface area contributed by atoms with Gasteiger partial charge in [-0.2, -0.15) is 0 Å². The molecule has 2 rings (SSSR count). The Labute approximate surface area is 108 Å². The van der Waals surface area contributed by atoms with Gasteiger partial charge in [-0.1, -0.05) is 17.7 Å². The van der Waals surface area contributed by atoms with E-state index in [0.29, 0.717) is 10.7 Å². The van der Waals surface area contributed by atoms with Gasteiger partial charge in [0.05, 0.1) is 0 Å². The average Bonchev–Trinajstić information content (AvgIpc) is 2.33. The molecule has 0 atom stereocenters. The Morgan fingerprint density at radius 2 is 1.83 bits per heavy atom. The average molecular weight is 270 g/mol. The van der Waals surface area contributed by atoms with E-state index in [9.17, 15) is 8.78 Å². The molecular weight excluding hydrogens is 260 g/mol. The molecule has 0 fully saturated rings. The van der Waals surface area contributed by atoms with Gasteiger partial charge in [-0.3, -0.25) is 0 Å². The number of halogens is 3. The quantitative estimate of drug-likeness (QED) is 0.890. The summed E-state index contributed by atoms with van der Waals surface area (Å²) in [5.41, 5.74) is 0.572. The third kappa shape index (κ3) is 2.68. The zero-order valence-corrected chi connectivity index (χ0v) is 10.2. The van der Waals surface area contributed by atoms with E-state index in [0.717, 1.165) is 6.07 Å². The molecule has 0 aliphatic heterocycles. The number of hydrogen-bond acceptors (Lipinski definition) is 3. The van der Waals surface area contributed by atoms with Crippen molar-refractivity contribution in [1.82, 2.24) is 4.98 Å².